The van der Waals surface area contributed by atoms with Crippen LogP contribution in [-0.4, -0.2) is 61.2 Å². The standard InChI is InChI=1S/C11H23NO3/c1-10(14)3-5-12(2)7-11(8-13)4-6-15-9-11/h10,13-14H,3-9H2,1-2H3. The summed E-state index contributed by atoms with van der Waals surface area (Å²) in [6.07, 6.45) is 1.46. The van der Waals surface area contributed by atoms with Crippen LogP contribution in [0.4, 0.5) is 0 Å². The van der Waals surface area contributed by atoms with Gasteiger partial charge in [0.1, 0.15) is 0 Å². The SMILES string of the molecule is CC(O)CCN(C)CC1(CO)CCOC1. The maximum Gasteiger partial charge on any atom is 0.0557 e. The highest BCUT2D eigenvalue weighted by molar-refractivity contribution is 4.85. The molecule has 1 rings (SSSR count). The van der Waals surface area contributed by atoms with Crippen molar-refractivity contribution in [3.63, 3.8) is 0 Å². The molecule has 0 bridgehead atoms. The van der Waals surface area contributed by atoms with Gasteiger partial charge in [-0.05, 0) is 26.8 Å². The lowest BCUT2D eigenvalue weighted by atomic mass is 9.88. The number of rotatable bonds is 6. The van der Waals surface area contributed by atoms with Crippen molar-refractivity contribution in [3.05, 3.63) is 0 Å². The molecule has 90 valence electrons. The van der Waals surface area contributed by atoms with Crippen LogP contribution >= 0.6 is 0 Å². The lowest BCUT2D eigenvalue weighted by molar-refractivity contribution is 0.0598. The van der Waals surface area contributed by atoms with Crippen molar-refractivity contribution in [3.8, 4) is 0 Å². The quantitative estimate of drug-likeness (QED) is 0.662. The van der Waals surface area contributed by atoms with Gasteiger partial charge in [0.25, 0.3) is 0 Å². The third-order valence-electron chi connectivity index (χ3n) is 3.05. The third kappa shape index (κ3) is 4.07. The summed E-state index contributed by atoms with van der Waals surface area (Å²) in [6.45, 7) is 5.10. The minimum absolute atomic E-state index is 0.0759. The minimum Gasteiger partial charge on any atom is -0.396 e. The Kier molecular flexibility index (Phi) is 4.99. The zero-order chi connectivity index (χ0) is 11.3. The molecule has 1 heterocycles. The van der Waals surface area contributed by atoms with Crippen LogP contribution in [-0.2, 0) is 4.74 Å². The van der Waals surface area contributed by atoms with Crippen molar-refractivity contribution in [1.29, 1.82) is 0 Å². The van der Waals surface area contributed by atoms with Crippen LogP contribution in [0.25, 0.3) is 0 Å². The van der Waals surface area contributed by atoms with Gasteiger partial charge < -0.3 is 19.8 Å². The van der Waals surface area contributed by atoms with E-state index >= 15 is 0 Å². The van der Waals surface area contributed by atoms with E-state index in [0.717, 1.165) is 32.5 Å². The number of aliphatic hydroxyl groups excluding tert-OH is 2. The molecule has 0 amide bonds. The van der Waals surface area contributed by atoms with E-state index in [2.05, 4.69) is 4.90 Å². The van der Waals surface area contributed by atoms with E-state index in [1.165, 1.54) is 0 Å². The van der Waals surface area contributed by atoms with Gasteiger partial charge in [-0.15, -0.1) is 0 Å². The van der Waals surface area contributed by atoms with Gasteiger partial charge >= 0.3 is 0 Å². The lowest BCUT2D eigenvalue weighted by Gasteiger charge is -2.30. The molecule has 1 saturated heterocycles. The molecule has 4 heteroatoms. The molecule has 0 radical (unpaired) electrons. The topological polar surface area (TPSA) is 52.9 Å². The first kappa shape index (κ1) is 12.9. The molecule has 15 heavy (non-hydrogen) atoms. The maximum atomic E-state index is 9.39. The highest BCUT2D eigenvalue weighted by atomic mass is 16.5. The minimum atomic E-state index is -0.252. The van der Waals surface area contributed by atoms with Gasteiger partial charge in [-0.1, -0.05) is 0 Å². The van der Waals surface area contributed by atoms with Crippen molar-refractivity contribution in [2.45, 2.75) is 25.9 Å². The summed E-state index contributed by atoms with van der Waals surface area (Å²) >= 11 is 0. The average Bonchev–Trinajstić information content (AvgIpc) is 2.64. The Balaban J connectivity index is 2.31. The van der Waals surface area contributed by atoms with Gasteiger partial charge in [-0.2, -0.15) is 0 Å². The van der Waals surface area contributed by atoms with Gasteiger partial charge in [0, 0.05) is 25.1 Å². The summed E-state index contributed by atoms with van der Waals surface area (Å²) in [5.41, 5.74) is -0.0759. The molecular weight excluding hydrogens is 194 g/mol. The normalized spacial score (nSPS) is 28.6. The van der Waals surface area contributed by atoms with E-state index < -0.39 is 0 Å². The highest BCUT2D eigenvalue weighted by Gasteiger charge is 2.35. The Bertz CT molecular complexity index is 179. The number of nitrogens with zero attached hydrogens (tertiary/aromatic N) is 1. The Labute approximate surface area is 91.8 Å². The van der Waals surface area contributed by atoms with E-state index in [4.69, 9.17) is 4.74 Å². The molecule has 2 atom stereocenters. The van der Waals surface area contributed by atoms with Gasteiger partial charge in [0.15, 0.2) is 0 Å². The van der Waals surface area contributed by atoms with E-state index in [9.17, 15) is 10.2 Å². The van der Waals surface area contributed by atoms with Crippen LogP contribution in [0.2, 0.25) is 0 Å². The van der Waals surface area contributed by atoms with Gasteiger partial charge in [-0.3, -0.25) is 0 Å². The fourth-order valence-corrected chi connectivity index (χ4v) is 2.01. The molecule has 1 fully saturated rings. The zero-order valence-corrected chi connectivity index (χ0v) is 9.78. The molecule has 0 aromatic heterocycles. The first-order valence-electron chi connectivity index (χ1n) is 5.63. The van der Waals surface area contributed by atoms with Crippen LogP contribution in [0, 0.1) is 5.41 Å². The van der Waals surface area contributed by atoms with Crippen LogP contribution < -0.4 is 0 Å². The molecule has 0 aromatic carbocycles. The fourth-order valence-electron chi connectivity index (χ4n) is 2.01. The van der Waals surface area contributed by atoms with Crippen LogP contribution in [0.15, 0.2) is 0 Å². The maximum absolute atomic E-state index is 9.39. The number of hydrogen-bond donors (Lipinski definition) is 2. The monoisotopic (exact) mass is 217 g/mol. The number of ether oxygens (including phenoxy) is 1. The van der Waals surface area contributed by atoms with Crippen LogP contribution in [0.5, 0.6) is 0 Å². The summed E-state index contributed by atoms with van der Waals surface area (Å²) in [5, 5.41) is 18.6. The average molecular weight is 217 g/mol. The molecule has 0 spiro atoms. The predicted molar refractivity (Wildman–Crippen MR) is 58.7 cm³/mol. The van der Waals surface area contributed by atoms with Crippen molar-refractivity contribution < 1.29 is 14.9 Å². The Hall–Kier alpha value is -0.160. The van der Waals surface area contributed by atoms with Gasteiger partial charge in [0.05, 0.1) is 19.3 Å². The molecule has 0 saturated carbocycles. The second-order valence-electron chi connectivity index (χ2n) is 4.84. The fraction of sp³-hybridized carbons (Fsp3) is 1.00. The summed E-state index contributed by atoms with van der Waals surface area (Å²) in [6, 6.07) is 0. The zero-order valence-electron chi connectivity index (χ0n) is 9.78. The van der Waals surface area contributed by atoms with Crippen molar-refractivity contribution in [1.82, 2.24) is 4.90 Å². The first-order valence-corrected chi connectivity index (χ1v) is 5.63. The van der Waals surface area contributed by atoms with Crippen molar-refractivity contribution in [2.24, 2.45) is 5.41 Å². The first-order chi connectivity index (χ1) is 7.08. The van der Waals surface area contributed by atoms with Crippen molar-refractivity contribution in [2.75, 3.05) is 40.0 Å². The number of hydrogen-bond acceptors (Lipinski definition) is 4. The van der Waals surface area contributed by atoms with E-state index in [1.54, 1.807) is 6.92 Å². The Morgan fingerprint density at radius 1 is 1.53 bits per heavy atom. The van der Waals surface area contributed by atoms with E-state index in [-0.39, 0.29) is 18.1 Å². The predicted octanol–water partition coefficient (Wildman–Crippen LogP) is 0.0881. The second-order valence-corrected chi connectivity index (χ2v) is 4.84. The largest absolute Gasteiger partial charge is 0.396 e. The van der Waals surface area contributed by atoms with Crippen LogP contribution in [0.1, 0.15) is 19.8 Å². The summed E-state index contributed by atoms with van der Waals surface area (Å²) in [4.78, 5) is 2.16. The molecule has 0 aliphatic carbocycles. The highest BCUT2D eigenvalue weighted by Crippen LogP contribution is 2.28. The second kappa shape index (κ2) is 5.80. The van der Waals surface area contributed by atoms with Gasteiger partial charge in [-0.25, -0.2) is 0 Å². The summed E-state index contributed by atoms with van der Waals surface area (Å²) < 4.78 is 5.34. The summed E-state index contributed by atoms with van der Waals surface area (Å²) in [5.74, 6) is 0. The molecule has 4 nitrogen and oxygen atoms in total. The molecule has 2 N–H and O–H groups in total. The van der Waals surface area contributed by atoms with Gasteiger partial charge in [0.2, 0.25) is 0 Å². The number of aliphatic hydroxyl groups is 2. The molecular formula is C11H23NO3. The molecule has 0 aromatic rings. The van der Waals surface area contributed by atoms with Crippen molar-refractivity contribution >= 4 is 0 Å². The van der Waals surface area contributed by atoms with E-state index in [1.807, 2.05) is 7.05 Å². The Morgan fingerprint density at radius 3 is 2.73 bits per heavy atom. The van der Waals surface area contributed by atoms with E-state index in [0.29, 0.717) is 6.61 Å². The third-order valence-corrected chi connectivity index (χ3v) is 3.05. The molecule has 2 unspecified atom stereocenters. The van der Waals surface area contributed by atoms with Crippen LogP contribution in [0.3, 0.4) is 0 Å². The molecule has 1 aliphatic rings. The summed E-state index contributed by atoms with van der Waals surface area (Å²) in [7, 11) is 2.03. The lowest BCUT2D eigenvalue weighted by Crippen LogP contribution is -2.39. The smallest absolute Gasteiger partial charge is 0.0557 e. The Morgan fingerprint density at radius 2 is 2.27 bits per heavy atom. The molecule has 1 aliphatic heterocycles.